The van der Waals surface area contributed by atoms with Gasteiger partial charge >= 0.3 is 0 Å². The first kappa shape index (κ1) is 10.9. The Bertz CT molecular complexity index is 346. The molecule has 0 radical (unpaired) electrons. The summed E-state index contributed by atoms with van der Waals surface area (Å²) in [7, 11) is 0. The third kappa shape index (κ3) is 2.30. The Labute approximate surface area is 111 Å². The van der Waals surface area contributed by atoms with Crippen LogP contribution in [0.5, 0.6) is 0 Å². The summed E-state index contributed by atoms with van der Waals surface area (Å²) in [5.41, 5.74) is 1.26. The Morgan fingerprint density at radius 2 is 1.86 bits per heavy atom. The van der Waals surface area contributed by atoms with Crippen LogP contribution >= 0.6 is 45.2 Å². The summed E-state index contributed by atoms with van der Waals surface area (Å²) in [6, 6.07) is 10.4. The summed E-state index contributed by atoms with van der Waals surface area (Å²) in [6.45, 7) is 0.838. The fourth-order valence-corrected chi connectivity index (χ4v) is 2.78. The lowest BCUT2D eigenvalue weighted by molar-refractivity contribution is 0.0781. The van der Waals surface area contributed by atoms with Gasteiger partial charge in [0, 0.05) is 13.6 Å². The molecule has 1 unspecified atom stereocenters. The van der Waals surface area contributed by atoms with Crippen molar-refractivity contribution in [2.75, 3.05) is 6.61 Å². The van der Waals surface area contributed by atoms with E-state index in [0.717, 1.165) is 13.0 Å². The highest BCUT2D eigenvalue weighted by Crippen LogP contribution is 2.39. The minimum absolute atomic E-state index is 0.164. The lowest BCUT2D eigenvalue weighted by Crippen LogP contribution is -2.11. The molecule has 2 rings (SSSR count). The first-order valence-electron chi connectivity index (χ1n) is 4.49. The molecule has 0 saturated heterocycles. The summed E-state index contributed by atoms with van der Waals surface area (Å²) in [5.74, 6) is 0. The van der Waals surface area contributed by atoms with E-state index < -0.39 is 0 Å². The molecule has 0 N–H and O–H groups in total. The van der Waals surface area contributed by atoms with Crippen LogP contribution in [0.15, 0.2) is 37.5 Å². The van der Waals surface area contributed by atoms with Crippen LogP contribution in [-0.2, 0) is 4.74 Å². The molecule has 1 aliphatic heterocycles. The Balaban J connectivity index is 2.32. The van der Waals surface area contributed by atoms with Crippen molar-refractivity contribution < 1.29 is 4.74 Å². The zero-order chi connectivity index (χ0) is 9.97. The van der Waals surface area contributed by atoms with Gasteiger partial charge in [-0.3, -0.25) is 0 Å². The average Bonchev–Trinajstić information content (AvgIpc) is 2.23. The number of ether oxygens (including phenoxy) is 1. The van der Waals surface area contributed by atoms with Crippen molar-refractivity contribution >= 4 is 45.2 Å². The standard InChI is InChI=1S/C11H10I2O/c12-9-6-7-14-11(10(9)13)8-4-2-1-3-5-8/h1-5,11H,6-7H2. The van der Waals surface area contributed by atoms with Crippen LogP contribution in [0.25, 0.3) is 0 Å². The maximum absolute atomic E-state index is 5.78. The average molecular weight is 412 g/mol. The molecule has 0 saturated carbocycles. The summed E-state index contributed by atoms with van der Waals surface area (Å²) in [6.07, 6.45) is 1.22. The number of halogens is 2. The van der Waals surface area contributed by atoms with Crippen LogP contribution in [0.4, 0.5) is 0 Å². The lowest BCUT2D eigenvalue weighted by atomic mass is 10.1. The van der Waals surface area contributed by atoms with Gasteiger partial charge in [-0.15, -0.1) is 0 Å². The van der Waals surface area contributed by atoms with Crippen molar-refractivity contribution in [3.05, 3.63) is 43.1 Å². The first-order chi connectivity index (χ1) is 6.79. The van der Waals surface area contributed by atoms with E-state index in [0.29, 0.717) is 0 Å². The fourth-order valence-electron chi connectivity index (χ4n) is 1.47. The normalized spacial score (nSPS) is 22.6. The van der Waals surface area contributed by atoms with Gasteiger partial charge in [0.1, 0.15) is 6.10 Å². The molecule has 1 atom stereocenters. The van der Waals surface area contributed by atoms with Crippen molar-refractivity contribution in [2.45, 2.75) is 12.5 Å². The molecule has 14 heavy (non-hydrogen) atoms. The topological polar surface area (TPSA) is 9.23 Å². The number of hydrogen-bond donors (Lipinski definition) is 0. The van der Waals surface area contributed by atoms with Gasteiger partial charge in [0.15, 0.2) is 0 Å². The molecule has 0 spiro atoms. The van der Waals surface area contributed by atoms with Crippen LogP contribution < -0.4 is 0 Å². The Morgan fingerprint density at radius 1 is 1.14 bits per heavy atom. The van der Waals surface area contributed by atoms with Crippen molar-refractivity contribution in [3.63, 3.8) is 0 Å². The van der Waals surface area contributed by atoms with Crippen LogP contribution in [0.3, 0.4) is 0 Å². The Kier molecular flexibility index (Phi) is 3.84. The maximum atomic E-state index is 5.78. The molecule has 3 heteroatoms. The molecule has 0 aromatic heterocycles. The van der Waals surface area contributed by atoms with E-state index in [1.165, 1.54) is 12.7 Å². The van der Waals surface area contributed by atoms with Crippen LogP contribution in [-0.4, -0.2) is 6.61 Å². The number of rotatable bonds is 1. The lowest BCUT2D eigenvalue weighted by Gasteiger charge is -2.24. The number of hydrogen-bond acceptors (Lipinski definition) is 1. The molecule has 1 aliphatic rings. The van der Waals surface area contributed by atoms with E-state index in [2.05, 4.69) is 69.4 Å². The third-order valence-corrected chi connectivity index (χ3v) is 5.57. The van der Waals surface area contributed by atoms with Gasteiger partial charge in [-0.1, -0.05) is 30.3 Å². The van der Waals surface area contributed by atoms with Crippen LogP contribution in [0.2, 0.25) is 0 Å². The number of benzene rings is 1. The third-order valence-electron chi connectivity index (χ3n) is 2.20. The largest absolute Gasteiger partial charge is 0.368 e. The second kappa shape index (κ2) is 4.94. The van der Waals surface area contributed by atoms with Gasteiger partial charge in [0.05, 0.1) is 6.61 Å². The molecular formula is C11H10I2O. The smallest absolute Gasteiger partial charge is 0.114 e. The van der Waals surface area contributed by atoms with Gasteiger partial charge < -0.3 is 4.74 Å². The van der Waals surface area contributed by atoms with E-state index in [-0.39, 0.29) is 6.10 Å². The Hall–Kier alpha value is 0.380. The minimum atomic E-state index is 0.164. The van der Waals surface area contributed by atoms with E-state index in [4.69, 9.17) is 4.74 Å². The molecule has 74 valence electrons. The zero-order valence-corrected chi connectivity index (χ0v) is 11.9. The van der Waals surface area contributed by atoms with Gasteiger partial charge in [-0.25, -0.2) is 0 Å². The van der Waals surface area contributed by atoms with Crippen LogP contribution in [0.1, 0.15) is 18.1 Å². The molecular weight excluding hydrogens is 402 g/mol. The van der Waals surface area contributed by atoms with Gasteiger partial charge in [0.2, 0.25) is 0 Å². The van der Waals surface area contributed by atoms with Gasteiger partial charge in [-0.2, -0.15) is 0 Å². The molecule has 1 nitrogen and oxygen atoms in total. The molecule has 0 aliphatic carbocycles. The second-order valence-corrected chi connectivity index (χ2v) is 5.63. The molecule has 1 aromatic rings. The summed E-state index contributed by atoms with van der Waals surface area (Å²) in [4.78, 5) is 0. The maximum Gasteiger partial charge on any atom is 0.114 e. The molecule has 0 fully saturated rings. The van der Waals surface area contributed by atoms with E-state index >= 15 is 0 Å². The minimum Gasteiger partial charge on any atom is -0.368 e. The highest BCUT2D eigenvalue weighted by atomic mass is 127. The van der Waals surface area contributed by atoms with E-state index in [1.807, 2.05) is 6.07 Å². The summed E-state index contributed by atoms with van der Waals surface area (Å²) in [5, 5.41) is 0. The fraction of sp³-hybridized carbons (Fsp3) is 0.273. The summed E-state index contributed by atoms with van der Waals surface area (Å²) < 4.78 is 8.54. The van der Waals surface area contributed by atoms with Crippen molar-refractivity contribution in [2.24, 2.45) is 0 Å². The molecule has 0 amide bonds. The van der Waals surface area contributed by atoms with E-state index in [9.17, 15) is 0 Å². The van der Waals surface area contributed by atoms with Crippen molar-refractivity contribution in [3.8, 4) is 0 Å². The summed E-state index contributed by atoms with van der Waals surface area (Å²) >= 11 is 4.81. The SMILES string of the molecule is IC1=C(I)C(c2ccccc2)OCC1. The quantitative estimate of drug-likeness (QED) is 0.628. The van der Waals surface area contributed by atoms with E-state index in [1.54, 1.807) is 0 Å². The highest BCUT2D eigenvalue weighted by molar-refractivity contribution is 14.1. The van der Waals surface area contributed by atoms with Crippen molar-refractivity contribution in [1.29, 1.82) is 0 Å². The molecule has 1 aromatic carbocycles. The van der Waals surface area contributed by atoms with Crippen LogP contribution in [0, 0.1) is 0 Å². The van der Waals surface area contributed by atoms with Crippen molar-refractivity contribution in [1.82, 2.24) is 0 Å². The zero-order valence-electron chi connectivity index (χ0n) is 7.54. The predicted octanol–water partition coefficient (Wildman–Crippen LogP) is 4.23. The van der Waals surface area contributed by atoms with Gasteiger partial charge in [0.25, 0.3) is 0 Å². The monoisotopic (exact) mass is 412 g/mol. The first-order valence-corrected chi connectivity index (χ1v) is 6.65. The highest BCUT2D eigenvalue weighted by Gasteiger charge is 2.21. The predicted molar refractivity (Wildman–Crippen MR) is 74.8 cm³/mol. The molecule has 1 heterocycles. The second-order valence-electron chi connectivity index (χ2n) is 3.16. The Morgan fingerprint density at radius 3 is 2.57 bits per heavy atom. The molecule has 0 bridgehead atoms. The van der Waals surface area contributed by atoms with Gasteiger partial charge in [-0.05, 0) is 50.7 Å².